The number of amides is 4. The first-order valence-electron chi connectivity index (χ1n) is 8.67. The molecule has 144 valence electrons. The second-order valence-electron chi connectivity index (χ2n) is 6.62. The molecule has 2 unspecified atom stereocenters. The van der Waals surface area contributed by atoms with Crippen LogP contribution in [0, 0.1) is 12.8 Å². The zero-order valence-corrected chi connectivity index (χ0v) is 15.5. The Hall–Kier alpha value is -2.61. The van der Waals surface area contributed by atoms with Crippen molar-refractivity contribution >= 4 is 23.5 Å². The van der Waals surface area contributed by atoms with Crippen LogP contribution in [-0.2, 0) is 9.59 Å². The molecule has 0 aliphatic heterocycles. The number of primary amides is 1. The molecule has 8 heteroatoms. The summed E-state index contributed by atoms with van der Waals surface area (Å²) < 4.78 is 0. The van der Waals surface area contributed by atoms with E-state index in [1.165, 1.54) is 0 Å². The maximum atomic E-state index is 12.6. The van der Waals surface area contributed by atoms with Gasteiger partial charge in [-0.05, 0) is 37.8 Å². The maximum Gasteiger partial charge on any atom is 0.312 e. The van der Waals surface area contributed by atoms with Crippen molar-refractivity contribution in [1.82, 2.24) is 10.6 Å². The quantitative estimate of drug-likeness (QED) is 0.415. The molecular weight excluding hydrogens is 334 g/mol. The monoisotopic (exact) mass is 363 g/mol. The van der Waals surface area contributed by atoms with Crippen LogP contribution in [0.15, 0.2) is 24.3 Å². The largest absolute Gasteiger partial charge is 0.352 e. The lowest BCUT2D eigenvalue weighted by Gasteiger charge is -2.22. The lowest BCUT2D eigenvalue weighted by Crippen LogP contribution is -2.51. The van der Waals surface area contributed by atoms with E-state index in [4.69, 9.17) is 11.5 Å². The number of rotatable bonds is 9. The third kappa shape index (κ3) is 7.52. The molecule has 0 saturated carbocycles. The minimum absolute atomic E-state index is 0.0488. The molecule has 0 fully saturated rings. The van der Waals surface area contributed by atoms with Crippen LogP contribution in [0.5, 0.6) is 0 Å². The van der Waals surface area contributed by atoms with Gasteiger partial charge in [0, 0.05) is 12.2 Å². The van der Waals surface area contributed by atoms with Crippen molar-refractivity contribution in [3.05, 3.63) is 29.8 Å². The van der Waals surface area contributed by atoms with Gasteiger partial charge in [-0.2, -0.15) is 0 Å². The maximum absolute atomic E-state index is 12.6. The van der Waals surface area contributed by atoms with Gasteiger partial charge >= 0.3 is 6.03 Å². The molecule has 1 aromatic rings. The summed E-state index contributed by atoms with van der Waals surface area (Å²) in [6, 6.07) is 5.26. The van der Waals surface area contributed by atoms with Gasteiger partial charge in [-0.1, -0.05) is 31.5 Å². The van der Waals surface area contributed by atoms with Gasteiger partial charge in [0.2, 0.25) is 11.8 Å². The number of carbonyl (C=O) groups excluding carboxylic acids is 3. The van der Waals surface area contributed by atoms with E-state index in [2.05, 4.69) is 16.0 Å². The van der Waals surface area contributed by atoms with Gasteiger partial charge < -0.3 is 27.4 Å². The molecule has 8 nitrogen and oxygen atoms in total. The summed E-state index contributed by atoms with van der Waals surface area (Å²) in [6.45, 7) is 5.94. The van der Waals surface area contributed by atoms with Crippen LogP contribution in [0.1, 0.15) is 32.3 Å². The van der Waals surface area contributed by atoms with Crippen molar-refractivity contribution in [2.75, 3.05) is 11.9 Å². The van der Waals surface area contributed by atoms with Crippen molar-refractivity contribution in [3.8, 4) is 0 Å². The van der Waals surface area contributed by atoms with Gasteiger partial charge in [0.25, 0.3) is 0 Å². The standard InChI is InChI=1S/C18H29N5O3/c1-11(2)15(19)17(25)23-14(5-4-10-21-18(20)26)16(24)22-13-8-6-12(3)7-9-13/h6-9,11,14-15H,4-5,10,19H2,1-3H3,(H,22,24)(H,23,25)(H3,20,21,26). The molecule has 0 heterocycles. The van der Waals surface area contributed by atoms with E-state index in [1.54, 1.807) is 12.1 Å². The Morgan fingerprint density at radius 3 is 2.23 bits per heavy atom. The van der Waals surface area contributed by atoms with Gasteiger partial charge in [-0.15, -0.1) is 0 Å². The molecule has 2 atom stereocenters. The molecule has 0 aliphatic rings. The van der Waals surface area contributed by atoms with Crippen molar-refractivity contribution < 1.29 is 14.4 Å². The average Bonchev–Trinajstić information content (AvgIpc) is 2.58. The minimum Gasteiger partial charge on any atom is -0.352 e. The van der Waals surface area contributed by atoms with E-state index in [0.717, 1.165) is 5.56 Å². The Kier molecular flexibility index (Phi) is 8.57. The van der Waals surface area contributed by atoms with Gasteiger partial charge in [0.1, 0.15) is 6.04 Å². The van der Waals surface area contributed by atoms with Gasteiger partial charge in [0.05, 0.1) is 6.04 Å². The normalized spacial score (nSPS) is 13.0. The number of hydrogen-bond acceptors (Lipinski definition) is 4. The highest BCUT2D eigenvalue weighted by Gasteiger charge is 2.25. The van der Waals surface area contributed by atoms with Crippen LogP contribution >= 0.6 is 0 Å². The second-order valence-corrected chi connectivity index (χ2v) is 6.62. The highest BCUT2D eigenvalue weighted by atomic mass is 16.2. The molecule has 1 rings (SSSR count). The minimum atomic E-state index is -0.761. The Labute approximate surface area is 154 Å². The third-order valence-corrected chi connectivity index (χ3v) is 3.94. The lowest BCUT2D eigenvalue weighted by atomic mass is 10.0. The van der Waals surface area contributed by atoms with Crippen LogP contribution < -0.4 is 27.4 Å². The number of benzene rings is 1. The molecule has 0 aromatic heterocycles. The zero-order valence-electron chi connectivity index (χ0n) is 15.5. The predicted octanol–water partition coefficient (Wildman–Crippen LogP) is 0.850. The van der Waals surface area contributed by atoms with Crippen molar-refractivity contribution in [2.24, 2.45) is 17.4 Å². The molecule has 0 aliphatic carbocycles. The predicted molar refractivity (Wildman–Crippen MR) is 101 cm³/mol. The smallest absolute Gasteiger partial charge is 0.312 e. The molecule has 0 bridgehead atoms. The molecule has 4 amide bonds. The number of nitrogens with one attached hydrogen (secondary N) is 3. The highest BCUT2D eigenvalue weighted by molar-refractivity contribution is 5.97. The summed E-state index contributed by atoms with van der Waals surface area (Å²) in [5, 5.41) is 7.94. The molecule has 0 spiro atoms. The Balaban J connectivity index is 2.73. The van der Waals surface area contributed by atoms with Crippen LogP contribution in [0.2, 0.25) is 0 Å². The zero-order chi connectivity index (χ0) is 19.7. The fraction of sp³-hybridized carbons (Fsp3) is 0.500. The van der Waals surface area contributed by atoms with E-state index in [9.17, 15) is 14.4 Å². The highest BCUT2D eigenvalue weighted by Crippen LogP contribution is 2.10. The van der Waals surface area contributed by atoms with E-state index < -0.39 is 18.1 Å². The third-order valence-electron chi connectivity index (χ3n) is 3.94. The second kappa shape index (κ2) is 10.4. The van der Waals surface area contributed by atoms with E-state index >= 15 is 0 Å². The molecule has 1 aromatic carbocycles. The van der Waals surface area contributed by atoms with E-state index in [-0.39, 0.29) is 17.7 Å². The molecule has 0 radical (unpaired) electrons. The van der Waals surface area contributed by atoms with Crippen molar-refractivity contribution in [2.45, 2.75) is 45.7 Å². The van der Waals surface area contributed by atoms with Crippen molar-refractivity contribution in [1.29, 1.82) is 0 Å². The summed E-state index contributed by atoms with van der Waals surface area (Å²) >= 11 is 0. The number of urea groups is 1. The molecule has 7 N–H and O–H groups in total. The van der Waals surface area contributed by atoms with Crippen LogP contribution in [0.25, 0.3) is 0 Å². The summed E-state index contributed by atoms with van der Waals surface area (Å²) in [7, 11) is 0. The number of aryl methyl sites for hydroxylation is 1. The molecular formula is C18H29N5O3. The first-order valence-corrected chi connectivity index (χ1v) is 8.67. The van der Waals surface area contributed by atoms with Gasteiger partial charge in [-0.3, -0.25) is 9.59 Å². The molecule has 0 saturated heterocycles. The Bertz CT molecular complexity index is 616. The summed E-state index contributed by atoms with van der Waals surface area (Å²) in [4.78, 5) is 35.5. The Morgan fingerprint density at radius 2 is 1.69 bits per heavy atom. The fourth-order valence-electron chi connectivity index (χ4n) is 2.22. The first kappa shape index (κ1) is 21.4. The summed E-state index contributed by atoms with van der Waals surface area (Å²) in [6.07, 6.45) is 0.820. The van der Waals surface area contributed by atoms with Crippen molar-refractivity contribution in [3.63, 3.8) is 0 Å². The fourth-order valence-corrected chi connectivity index (χ4v) is 2.22. The van der Waals surface area contributed by atoms with E-state index in [1.807, 2.05) is 32.9 Å². The van der Waals surface area contributed by atoms with E-state index in [0.29, 0.717) is 25.1 Å². The van der Waals surface area contributed by atoms with Crippen LogP contribution in [0.4, 0.5) is 10.5 Å². The number of carbonyl (C=O) groups is 3. The summed E-state index contributed by atoms with van der Waals surface area (Å²) in [5.41, 5.74) is 12.6. The summed E-state index contributed by atoms with van der Waals surface area (Å²) in [5.74, 6) is -0.767. The van der Waals surface area contributed by atoms with Crippen LogP contribution in [0.3, 0.4) is 0 Å². The number of hydrogen-bond donors (Lipinski definition) is 5. The number of anilines is 1. The Morgan fingerprint density at radius 1 is 1.08 bits per heavy atom. The number of nitrogens with two attached hydrogens (primary N) is 2. The average molecular weight is 363 g/mol. The van der Waals surface area contributed by atoms with Gasteiger partial charge in [-0.25, -0.2) is 4.79 Å². The topological polar surface area (TPSA) is 139 Å². The van der Waals surface area contributed by atoms with Gasteiger partial charge in [0.15, 0.2) is 0 Å². The molecule has 26 heavy (non-hydrogen) atoms. The first-order chi connectivity index (χ1) is 12.2. The van der Waals surface area contributed by atoms with Crippen LogP contribution in [-0.4, -0.2) is 36.5 Å². The lowest BCUT2D eigenvalue weighted by molar-refractivity contribution is -0.128. The SMILES string of the molecule is Cc1ccc(NC(=O)C(CCCNC(N)=O)NC(=O)C(N)C(C)C)cc1.